The molecule has 0 aliphatic carbocycles. The minimum Gasteiger partial charge on any atom is -0.384 e. The number of rotatable bonds is 3. The molecule has 0 unspecified atom stereocenters. The Hall–Kier alpha value is -3.14. The number of para-hydroxylation sites is 1. The van der Waals surface area contributed by atoms with Crippen LogP contribution in [0, 0.1) is 11.8 Å². The number of aliphatic hydroxyl groups is 1. The minimum absolute atomic E-state index is 0.189. The van der Waals surface area contributed by atoms with Crippen LogP contribution >= 0.6 is 11.6 Å². The van der Waals surface area contributed by atoms with Crippen molar-refractivity contribution in [1.82, 2.24) is 15.1 Å². The lowest BCUT2D eigenvalue weighted by molar-refractivity contribution is 0.0943. The van der Waals surface area contributed by atoms with E-state index in [9.17, 15) is 9.59 Å². The number of aromatic nitrogens is 2. The molecule has 1 amide bonds. The molecule has 0 radical (unpaired) electrons. The summed E-state index contributed by atoms with van der Waals surface area (Å²) in [5.74, 6) is 4.79. The van der Waals surface area contributed by atoms with E-state index in [4.69, 9.17) is 16.7 Å². The molecule has 136 valence electrons. The maximum Gasteiger partial charge on any atom is 0.276 e. The molecule has 0 atom stereocenters. The summed E-state index contributed by atoms with van der Waals surface area (Å²) < 4.78 is 1.45. The molecule has 0 bridgehead atoms. The lowest BCUT2D eigenvalue weighted by atomic mass is 10.1. The van der Waals surface area contributed by atoms with Crippen LogP contribution in [0.5, 0.6) is 0 Å². The zero-order chi connectivity index (χ0) is 19.4. The van der Waals surface area contributed by atoms with E-state index in [0.717, 1.165) is 5.56 Å². The summed E-state index contributed by atoms with van der Waals surface area (Å²) in [6.07, 6.45) is 0. The summed E-state index contributed by atoms with van der Waals surface area (Å²) in [5, 5.41) is 16.7. The third kappa shape index (κ3) is 4.00. The highest BCUT2D eigenvalue weighted by atomic mass is 35.5. The van der Waals surface area contributed by atoms with E-state index in [-0.39, 0.29) is 18.8 Å². The Morgan fingerprint density at radius 3 is 2.70 bits per heavy atom. The molecule has 2 N–H and O–H groups in total. The number of halogens is 1. The molecule has 3 rings (SSSR count). The number of benzene rings is 2. The summed E-state index contributed by atoms with van der Waals surface area (Å²) in [6, 6.07) is 12.1. The third-order valence-electron chi connectivity index (χ3n) is 3.95. The molecule has 3 aromatic rings. The Morgan fingerprint density at radius 1 is 1.26 bits per heavy atom. The summed E-state index contributed by atoms with van der Waals surface area (Å²) in [4.78, 5) is 25.2. The van der Waals surface area contributed by atoms with Crippen molar-refractivity contribution in [3.8, 4) is 11.8 Å². The van der Waals surface area contributed by atoms with Gasteiger partial charge < -0.3 is 10.4 Å². The minimum atomic E-state index is -0.556. The number of carbonyl (C=O) groups excluding carboxylic acids is 1. The van der Waals surface area contributed by atoms with Gasteiger partial charge in [-0.05, 0) is 29.8 Å². The summed E-state index contributed by atoms with van der Waals surface area (Å²) >= 11 is 5.84. The molecule has 6 nitrogen and oxygen atoms in total. The summed E-state index contributed by atoms with van der Waals surface area (Å²) in [5.41, 5.74) is 1.27. The highest BCUT2D eigenvalue weighted by molar-refractivity contribution is 6.30. The molecular formula is C20H16ClN3O3. The molecule has 0 aliphatic heterocycles. The molecule has 2 aromatic carbocycles. The van der Waals surface area contributed by atoms with Gasteiger partial charge in [-0.2, -0.15) is 5.10 Å². The Morgan fingerprint density at radius 2 is 2.00 bits per heavy atom. The van der Waals surface area contributed by atoms with E-state index in [2.05, 4.69) is 22.3 Å². The number of hydrogen-bond donors (Lipinski definition) is 2. The second-order valence-electron chi connectivity index (χ2n) is 5.77. The van der Waals surface area contributed by atoms with Crippen LogP contribution in [0.15, 0.2) is 47.3 Å². The van der Waals surface area contributed by atoms with Crippen LogP contribution in [-0.4, -0.2) is 27.4 Å². The van der Waals surface area contributed by atoms with E-state index in [0.29, 0.717) is 21.5 Å². The second-order valence-corrected chi connectivity index (χ2v) is 6.21. The average molecular weight is 382 g/mol. The fourth-order valence-corrected chi connectivity index (χ4v) is 2.83. The van der Waals surface area contributed by atoms with Gasteiger partial charge in [0.1, 0.15) is 6.61 Å². The third-order valence-corrected chi connectivity index (χ3v) is 4.20. The van der Waals surface area contributed by atoms with Crippen LogP contribution in [0.3, 0.4) is 0 Å². The average Bonchev–Trinajstić information content (AvgIpc) is 2.68. The topological polar surface area (TPSA) is 84.2 Å². The molecule has 0 spiro atoms. The van der Waals surface area contributed by atoms with Crippen LogP contribution < -0.4 is 10.7 Å². The normalized spacial score (nSPS) is 10.3. The maximum absolute atomic E-state index is 12.8. The first kappa shape index (κ1) is 18.6. The molecule has 7 heteroatoms. The number of nitrogens with zero attached hydrogens (tertiary/aromatic N) is 2. The van der Waals surface area contributed by atoms with Gasteiger partial charge >= 0.3 is 0 Å². The maximum atomic E-state index is 12.8. The smallest absolute Gasteiger partial charge is 0.276 e. The van der Waals surface area contributed by atoms with Crippen molar-refractivity contribution in [1.29, 1.82) is 0 Å². The van der Waals surface area contributed by atoms with Crippen LogP contribution in [0.25, 0.3) is 10.9 Å². The fraction of sp³-hybridized carbons (Fsp3) is 0.150. The van der Waals surface area contributed by atoms with Crippen molar-refractivity contribution in [3.05, 3.63) is 74.5 Å². The Labute approximate surface area is 160 Å². The molecule has 0 aliphatic rings. The quantitative estimate of drug-likeness (QED) is 0.678. The van der Waals surface area contributed by atoms with Crippen molar-refractivity contribution < 1.29 is 9.90 Å². The van der Waals surface area contributed by atoms with E-state index >= 15 is 0 Å². The number of amides is 1. The van der Waals surface area contributed by atoms with Crippen molar-refractivity contribution in [3.63, 3.8) is 0 Å². The molecular weight excluding hydrogens is 366 g/mol. The van der Waals surface area contributed by atoms with Gasteiger partial charge in [-0.3, -0.25) is 14.3 Å². The van der Waals surface area contributed by atoms with Gasteiger partial charge in [-0.1, -0.05) is 41.6 Å². The lowest BCUT2D eigenvalue weighted by Crippen LogP contribution is -2.31. The first-order chi connectivity index (χ1) is 13.0. The molecule has 0 fully saturated rings. The number of nitrogens with one attached hydrogen (secondary N) is 1. The van der Waals surface area contributed by atoms with Crippen molar-refractivity contribution in [2.75, 3.05) is 6.61 Å². The largest absolute Gasteiger partial charge is 0.384 e. The lowest BCUT2D eigenvalue weighted by Gasteiger charge is -2.10. The number of aliphatic hydroxyl groups excluding tert-OH is 1. The zero-order valence-electron chi connectivity index (χ0n) is 14.5. The van der Waals surface area contributed by atoms with Crippen LogP contribution in [0.1, 0.15) is 21.6 Å². The van der Waals surface area contributed by atoms with Gasteiger partial charge in [0.05, 0.1) is 16.5 Å². The van der Waals surface area contributed by atoms with E-state index < -0.39 is 11.3 Å². The van der Waals surface area contributed by atoms with Gasteiger partial charge in [-0.15, -0.1) is 0 Å². The number of fused-ring (bicyclic) bond motifs is 1. The first-order valence-corrected chi connectivity index (χ1v) is 8.51. The Balaban J connectivity index is 1.95. The van der Waals surface area contributed by atoms with E-state index in [1.165, 1.54) is 4.68 Å². The first-order valence-electron chi connectivity index (χ1n) is 8.13. The molecule has 0 saturated carbocycles. The van der Waals surface area contributed by atoms with Gasteiger partial charge in [0.2, 0.25) is 5.43 Å². The Bertz CT molecular complexity index is 1130. The molecule has 1 aromatic heterocycles. The molecule has 0 saturated heterocycles. The molecule has 27 heavy (non-hydrogen) atoms. The van der Waals surface area contributed by atoms with Gasteiger partial charge in [0.25, 0.3) is 5.91 Å². The van der Waals surface area contributed by atoms with Gasteiger partial charge in [0, 0.05) is 18.6 Å². The van der Waals surface area contributed by atoms with E-state index in [1.54, 1.807) is 49.5 Å². The van der Waals surface area contributed by atoms with Crippen LogP contribution in [0.2, 0.25) is 5.02 Å². The van der Waals surface area contributed by atoms with E-state index in [1.807, 2.05) is 0 Å². The summed E-state index contributed by atoms with van der Waals surface area (Å²) in [6.45, 7) is -0.0379. The predicted octanol–water partition coefficient (Wildman–Crippen LogP) is 1.86. The highest BCUT2D eigenvalue weighted by Crippen LogP contribution is 2.14. The standard InChI is InChI=1S/C20H16ClN3O3/c1-24-18-14(5-3-11-25)4-2-6-16(18)19(26)17(23-24)20(27)22-12-13-7-9-15(21)10-8-13/h2,4,6-10,25H,11-12H2,1H3,(H,22,27). The van der Waals surface area contributed by atoms with Crippen LogP contribution in [0.4, 0.5) is 0 Å². The van der Waals surface area contributed by atoms with Crippen LogP contribution in [-0.2, 0) is 13.6 Å². The van der Waals surface area contributed by atoms with Crippen molar-refractivity contribution >= 4 is 28.4 Å². The summed E-state index contributed by atoms with van der Waals surface area (Å²) in [7, 11) is 1.64. The fourth-order valence-electron chi connectivity index (χ4n) is 2.70. The monoisotopic (exact) mass is 381 g/mol. The van der Waals surface area contributed by atoms with Crippen molar-refractivity contribution in [2.45, 2.75) is 6.54 Å². The molecule has 1 heterocycles. The Kier molecular flexibility index (Phi) is 5.55. The number of aryl methyl sites for hydroxylation is 1. The highest BCUT2D eigenvalue weighted by Gasteiger charge is 2.17. The SMILES string of the molecule is Cn1nc(C(=O)NCc2ccc(Cl)cc2)c(=O)c2cccc(C#CCO)c21. The van der Waals surface area contributed by atoms with Gasteiger partial charge in [0.15, 0.2) is 5.69 Å². The van der Waals surface area contributed by atoms with Crippen molar-refractivity contribution in [2.24, 2.45) is 7.05 Å². The number of carbonyl (C=O) groups is 1. The van der Waals surface area contributed by atoms with Gasteiger partial charge in [-0.25, -0.2) is 0 Å². The zero-order valence-corrected chi connectivity index (χ0v) is 15.2. The predicted molar refractivity (Wildman–Crippen MR) is 104 cm³/mol. The second kappa shape index (κ2) is 8.04. The number of hydrogen-bond acceptors (Lipinski definition) is 4.